The summed E-state index contributed by atoms with van der Waals surface area (Å²) in [6.07, 6.45) is 11.9. The van der Waals surface area contributed by atoms with Gasteiger partial charge in [0.05, 0.1) is 7.11 Å². The Morgan fingerprint density at radius 2 is 2.00 bits per heavy atom. The van der Waals surface area contributed by atoms with Gasteiger partial charge < -0.3 is 14.4 Å². The van der Waals surface area contributed by atoms with Crippen molar-refractivity contribution in [3.63, 3.8) is 0 Å². The minimum Gasteiger partial charge on any atom is -0.496 e. The van der Waals surface area contributed by atoms with Crippen molar-refractivity contribution in [2.24, 2.45) is 7.05 Å². The Morgan fingerprint density at radius 1 is 1.27 bits per heavy atom. The second-order valence-electron chi connectivity index (χ2n) is 7.53. The van der Waals surface area contributed by atoms with Crippen molar-refractivity contribution in [3.05, 3.63) is 54.1 Å². The van der Waals surface area contributed by atoms with E-state index in [2.05, 4.69) is 28.1 Å². The van der Waals surface area contributed by atoms with E-state index in [1.165, 1.54) is 0 Å². The van der Waals surface area contributed by atoms with Crippen LogP contribution in [0.4, 0.5) is 0 Å². The maximum Gasteiger partial charge on any atom is 0.140 e. The number of fused-ring (bicyclic) bond motifs is 2. The van der Waals surface area contributed by atoms with Crippen LogP contribution in [0.1, 0.15) is 37.1 Å². The van der Waals surface area contributed by atoms with Crippen molar-refractivity contribution >= 4 is 6.08 Å². The van der Waals surface area contributed by atoms with Gasteiger partial charge in [-0.05, 0) is 31.7 Å². The average molecular weight is 353 g/mol. The molecule has 0 amide bonds. The number of hydrogen-bond acceptors (Lipinski definition) is 4. The zero-order valence-corrected chi connectivity index (χ0v) is 15.5. The highest BCUT2D eigenvalue weighted by Crippen LogP contribution is 2.45. The van der Waals surface area contributed by atoms with Gasteiger partial charge in [0.1, 0.15) is 17.2 Å². The van der Waals surface area contributed by atoms with E-state index >= 15 is 0 Å². The molecule has 0 unspecified atom stereocenters. The zero-order chi connectivity index (χ0) is 18.1. The van der Waals surface area contributed by atoms with Gasteiger partial charge >= 0.3 is 0 Å². The van der Waals surface area contributed by atoms with E-state index in [4.69, 9.17) is 4.74 Å². The third-order valence-corrected chi connectivity index (χ3v) is 5.91. The summed E-state index contributed by atoms with van der Waals surface area (Å²) in [6.45, 7) is 0.907. The lowest BCUT2D eigenvalue weighted by molar-refractivity contribution is -0.0613. The molecule has 2 atom stereocenters. The van der Waals surface area contributed by atoms with Crippen molar-refractivity contribution in [1.29, 1.82) is 0 Å². The molecule has 3 heterocycles. The maximum absolute atomic E-state index is 11.2. The number of nitrogens with zero attached hydrogens (tertiary/aromatic N) is 3. The molecule has 2 bridgehead atoms. The minimum absolute atomic E-state index is 0.415. The highest BCUT2D eigenvalue weighted by atomic mass is 16.5. The van der Waals surface area contributed by atoms with Gasteiger partial charge in [-0.2, -0.15) is 0 Å². The summed E-state index contributed by atoms with van der Waals surface area (Å²) in [5, 5.41) is 11.2. The Labute approximate surface area is 154 Å². The lowest BCUT2D eigenvalue weighted by Gasteiger charge is -2.43. The molecular weight excluding hydrogens is 326 g/mol. The number of piperidine rings is 1. The Bertz CT molecular complexity index is 784. The number of para-hydroxylation sites is 1. The quantitative estimate of drug-likeness (QED) is 0.898. The molecule has 0 spiro atoms. The molecule has 0 aliphatic carbocycles. The van der Waals surface area contributed by atoms with E-state index in [0.29, 0.717) is 12.1 Å². The van der Waals surface area contributed by atoms with Gasteiger partial charge in [-0.3, -0.25) is 4.90 Å². The predicted octanol–water partition coefficient (Wildman–Crippen LogP) is 2.96. The zero-order valence-electron chi connectivity index (χ0n) is 15.5. The number of aliphatic hydroxyl groups is 1. The lowest BCUT2D eigenvalue weighted by Crippen LogP contribution is -2.50. The molecule has 4 rings (SSSR count). The van der Waals surface area contributed by atoms with Crippen LogP contribution >= 0.6 is 0 Å². The van der Waals surface area contributed by atoms with Gasteiger partial charge in [0.25, 0.3) is 0 Å². The first kappa shape index (κ1) is 17.3. The molecule has 26 heavy (non-hydrogen) atoms. The van der Waals surface area contributed by atoms with E-state index < -0.39 is 5.60 Å². The fourth-order valence-corrected chi connectivity index (χ4v) is 4.72. The van der Waals surface area contributed by atoms with E-state index in [1.807, 2.05) is 36.0 Å². The molecule has 1 aromatic heterocycles. The SMILES string of the molecule is COc1ccccc1/C=C/CN1[C@H]2CC[C@H]1CC(O)(c1nccn1C)C2. The number of aryl methyl sites for hydroxylation is 1. The third-order valence-electron chi connectivity index (χ3n) is 5.91. The number of hydrogen-bond donors (Lipinski definition) is 1. The fourth-order valence-electron chi connectivity index (χ4n) is 4.72. The van der Waals surface area contributed by atoms with Crippen molar-refractivity contribution in [1.82, 2.24) is 14.5 Å². The number of rotatable bonds is 5. The van der Waals surface area contributed by atoms with Crippen LogP contribution in [-0.4, -0.2) is 45.3 Å². The summed E-state index contributed by atoms with van der Waals surface area (Å²) in [7, 11) is 3.67. The van der Waals surface area contributed by atoms with Gasteiger partial charge in [-0.1, -0.05) is 30.4 Å². The molecule has 0 radical (unpaired) electrons. The smallest absolute Gasteiger partial charge is 0.140 e. The van der Waals surface area contributed by atoms with Crippen molar-refractivity contribution in [2.45, 2.75) is 43.4 Å². The molecule has 1 aromatic carbocycles. The van der Waals surface area contributed by atoms with Gasteiger partial charge in [0, 0.05) is 43.6 Å². The summed E-state index contributed by atoms with van der Waals surface area (Å²) in [6, 6.07) is 8.90. The van der Waals surface area contributed by atoms with Crippen LogP contribution < -0.4 is 4.74 Å². The number of aromatic nitrogens is 2. The second kappa shape index (κ2) is 6.89. The summed E-state index contributed by atoms with van der Waals surface area (Å²) in [4.78, 5) is 6.97. The fraction of sp³-hybridized carbons (Fsp3) is 0.476. The van der Waals surface area contributed by atoms with Crippen LogP contribution in [0, 0.1) is 0 Å². The number of ether oxygens (including phenoxy) is 1. The average Bonchev–Trinajstić information content (AvgIpc) is 3.18. The molecule has 2 aliphatic rings. The summed E-state index contributed by atoms with van der Waals surface area (Å²) in [5.41, 5.74) is 0.302. The van der Waals surface area contributed by atoms with Crippen molar-refractivity contribution in [3.8, 4) is 5.75 Å². The summed E-state index contributed by atoms with van der Waals surface area (Å²) < 4.78 is 7.37. The number of benzene rings is 1. The molecule has 2 fully saturated rings. The normalized spacial score (nSPS) is 28.7. The van der Waals surface area contributed by atoms with Gasteiger partial charge in [-0.15, -0.1) is 0 Å². The van der Waals surface area contributed by atoms with Crippen molar-refractivity contribution in [2.75, 3.05) is 13.7 Å². The Hall–Kier alpha value is -2.11. The van der Waals surface area contributed by atoms with Crippen LogP contribution in [-0.2, 0) is 12.6 Å². The summed E-state index contributed by atoms with van der Waals surface area (Å²) in [5.74, 6) is 1.70. The highest BCUT2D eigenvalue weighted by molar-refractivity contribution is 5.57. The molecule has 138 valence electrons. The largest absolute Gasteiger partial charge is 0.496 e. The lowest BCUT2D eigenvalue weighted by atomic mass is 9.85. The Balaban J connectivity index is 1.46. The van der Waals surface area contributed by atoms with Crippen LogP contribution in [0.3, 0.4) is 0 Å². The van der Waals surface area contributed by atoms with Crippen molar-refractivity contribution < 1.29 is 9.84 Å². The molecule has 5 nitrogen and oxygen atoms in total. The van der Waals surface area contributed by atoms with Gasteiger partial charge in [0.2, 0.25) is 0 Å². The van der Waals surface area contributed by atoms with Crippen LogP contribution in [0.2, 0.25) is 0 Å². The first-order valence-corrected chi connectivity index (χ1v) is 9.36. The van der Waals surface area contributed by atoms with E-state index in [9.17, 15) is 5.11 Å². The van der Waals surface area contributed by atoms with Crippen LogP contribution in [0.5, 0.6) is 5.75 Å². The van der Waals surface area contributed by atoms with Gasteiger partial charge in [0.15, 0.2) is 0 Å². The maximum atomic E-state index is 11.2. The summed E-state index contributed by atoms with van der Waals surface area (Å²) >= 11 is 0. The third kappa shape index (κ3) is 3.06. The molecule has 1 N–H and O–H groups in total. The molecule has 0 saturated carbocycles. The first-order chi connectivity index (χ1) is 12.6. The van der Waals surface area contributed by atoms with Gasteiger partial charge in [-0.25, -0.2) is 4.98 Å². The predicted molar refractivity (Wildman–Crippen MR) is 102 cm³/mol. The molecule has 2 saturated heterocycles. The van der Waals surface area contributed by atoms with Crippen LogP contribution in [0.25, 0.3) is 6.08 Å². The second-order valence-corrected chi connectivity index (χ2v) is 7.53. The van der Waals surface area contributed by atoms with E-state index in [1.54, 1.807) is 13.3 Å². The molecule has 5 heteroatoms. The van der Waals surface area contributed by atoms with E-state index in [0.717, 1.165) is 49.4 Å². The molecule has 2 aliphatic heterocycles. The molecular formula is C21H27N3O2. The monoisotopic (exact) mass is 353 g/mol. The number of imidazole rings is 1. The van der Waals surface area contributed by atoms with E-state index in [-0.39, 0.29) is 0 Å². The van der Waals surface area contributed by atoms with Crippen LogP contribution in [0.15, 0.2) is 42.7 Å². The highest BCUT2D eigenvalue weighted by Gasteiger charge is 2.49. The Morgan fingerprint density at radius 3 is 2.65 bits per heavy atom. The minimum atomic E-state index is -0.799. The number of methoxy groups -OCH3 is 1. The Kier molecular flexibility index (Phi) is 4.59. The molecule has 2 aromatic rings. The standard InChI is InChI=1S/C21H27N3O2/c1-23-13-11-22-20(23)21(25)14-17-9-10-18(15-21)24(17)12-5-7-16-6-3-4-8-19(16)26-2/h3-8,11,13,17-18,25H,9-10,12,14-15H2,1-2H3/b7-5+/t17-,18-/m0/s1. The first-order valence-electron chi connectivity index (χ1n) is 9.36. The topological polar surface area (TPSA) is 50.5 Å².